The molecular formula is C19H24N4O2. The van der Waals surface area contributed by atoms with Gasteiger partial charge in [-0.05, 0) is 24.5 Å². The highest BCUT2D eigenvalue weighted by atomic mass is 16.2. The van der Waals surface area contributed by atoms with Crippen LogP contribution in [0.4, 0.5) is 0 Å². The van der Waals surface area contributed by atoms with Gasteiger partial charge in [-0.15, -0.1) is 0 Å². The van der Waals surface area contributed by atoms with Gasteiger partial charge >= 0.3 is 0 Å². The Morgan fingerprint density at radius 1 is 1.32 bits per heavy atom. The molecule has 0 radical (unpaired) electrons. The summed E-state index contributed by atoms with van der Waals surface area (Å²) >= 11 is 0. The first-order valence-electron chi connectivity index (χ1n) is 8.82. The Morgan fingerprint density at radius 2 is 2.12 bits per heavy atom. The molecule has 132 valence electrons. The third-order valence-electron chi connectivity index (χ3n) is 4.60. The maximum atomic E-state index is 12.7. The van der Waals surface area contributed by atoms with Crippen LogP contribution in [0.1, 0.15) is 48.4 Å². The zero-order valence-corrected chi connectivity index (χ0v) is 14.7. The average Bonchev–Trinajstić information content (AvgIpc) is 3.19. The van der Waals surface area contributed by atoms with Gasteiger partial charge in [-0.1, -0.05) is 32.0 Å². The number of rotatable bonds is 7. The molecule has 0 fully saturated rings. The second-order valence-electron chi connectivity index (χ2n) is 6.27. The molecule has 1 aliphatic rings. The van der Waals surface area contributed by atoms with Crippen molar-refractivity contribution in [2.75, 3.05) is 0 Å². The third-order valence-corrected chi connectivity index (χ3v) is 4.60. The number of aryl methyl sites for hydroxylation is 1. The van der Waals surface area contributed by atoms with Gasteiger partial charge in [0.2, 0.25) is 5.91 Å². The van der Waals surface area contributed by atoms with E-state index in [0.717, 1.165) is 24.4 Å². The van der Waals surface area contributed by atoms with Gasteiger partial charge in [0.25, 0.3) is 5.91 Å². The average molecular weight is 340 g/mol. The summed E-state index contributed by atoms with van der Waals surface area (Å²) in [5.74, 6) is 0.640. The lowest BCUT2D eigenvalue weighted by Gasteiger charge is -2.25. The molecule has 6 nitrogen and oxygen atoms in total. The molecule has 0 unspecified atom stereocenters. The molecular weight excluding hydrogens is 316 g/mol. The van der Waals surface area contributed by atoms with Crippen molar-refractivity contribution in [2.45, 2.75) is 52.4 Å². The maximum Gasteiger partial charge on any atom is 0.255 e. The topological polar surface area (TPSA) is 67.2 Å². The highest BCUT2D eigenvalue weighted by molar-refractivity contribution is 6.01. The number of benzene rings is 1. The number of amides is 2. The molecule has 0 aliphatic carbocycles. The Kier molecular flexibility index (Phi) is 5.16. The fraction of sp³-hybridized carbons (Fsp3) is 0.421. The van der Waals surface area contributed by atoms with E-state index in [-0.39, 0.29) is 11.8 Å². The molecule has 25 heavy (non-hydrogen) atoms. The van der Waals surface area contributed by atoms with Gasteiger partial charge in [0.15, 0.2) is 0 Å². The molecule has 0 saturated carbocycles. The fourth-order valence-corrected chi connectivity index (χ4v) is 3.31. The first-order valence-corrected chi connectivity index (χ1v) is 8.82. The van der Waals surface area contributed by atoms with Gasteiger partial charge in [0.1, 0.15) is 11.9 Å². The van der Waals surface area contributed by atoms with Crippen LogP contribution in [0.5, 0.6) is 0 Å². The summed E-state index contributed by atoms with van der Waals surface area (Å²) in [6, 6.07) is 7.08. The standard InChI is InChI=1S/C19H24N4O2/c1-3-10-22-11-9-20-17(22)12-21-18(24)16(4-2)23-13-14-7-5-6-8-15(14)19(23)25/h5-9,11,16H,3-4,10,12-13H2,1-2H3,(H,21,24)/t16-/m1/s1. The predicted molar refractivity (Wildman–Crippen MR) is 94.8 cm³/mol. The first-order chi connectivity index (χ1) is 12.2. The minimum atomic E-state index is -0.463. The van der Waals surface area contributed by atoms with Crippen LogP contribution in [0, 0.1) is 0 Å². The Balaban J connectivity index is 1.66. The predicted octanol–water partition coefficient (Wildman–Crippen LogP) is 2.34. The molecule has 1 atom stereocenters. The van der Waals surface area contributed by atoms with Crippen molar-refractivity contribution in [1.29, 1.82) is 0 Å². The Morgan fingerprint density at radius 3 is 2.84 bits per heavy atom. The minimum Gasteiger partial charge on any atom is -0.347 e. The van der Waals surface area contributed by atoms with Crippen LogP contribution < -0.4 is 5.32 Å². The molecule has 1 aliphatic heterocycles. The normalized spacial score (nSPS) is 14.5. The summed E-state index contributed by atoms with van der Waals surface area (Å²) in [6.45, 7) is 5.77. The lowest BCUT2D eigenvalue weighted by molar-refractivity contribution is -0.126. The van der Waals surface area contributed by atoms with Crippen molar-refractivity contribution < 1.29 is 9.59 Å². The first kappa shape index (κ1) is 17.2. The van der Waals surface area contributed by atoms with Crippen molar-refractivity contribution in [2.24, 2.45) is 0 Å². The van der Waals surface area contributed by atoms with Crippen molar-refractivity contribution >= 4 is 11.8 Å². The highest BCUT2D eigenvalue weighted by Gasteiger charge is 2.35. The van der Waals surface area contributed by atoms with Crippen LogP contribution in [0.15, 0.2) is 36.7 Å². The van der Waals surface area contributed by atoms with Crippen molar-refractivity contribution in [3.05, 3.63) is 53.6 Å². The molecule has 1 N–H and O–H groups in total. The lowest BCUT2D eigenvalue weighted by Crippen LogP contribution is -2.46. The van der Waals surface area contributed by atoms with Crippen molar-refractivity contribution in [3.8, 4) is 0 Å². The molecule has 2 aromatic rings. The van der Waals surface area contributed by atoms with Crippen LogP contribution in [0.25, 0.3) is 0 Å². The maximum absolute atomic E-state index is 12.7. The van der Waals surface area contributed by atoms with E-state index in [1.807, 2.05) is 42.0 Å². The Hall–Kier alpha value is -2.63. The van der Waals surface area contributed by atoms with E-state index in [9.17, 15) is 9.59 Å². The monoisotopic (exact) mass is 340 g/mol. The zero-order valence-electron chi connectivity index (χ0n) is 14.7. The third kappa shape index (κ3) is 3.43. The fourth-order valence-electron chi connectivity index (χ4n) is 3.31. The summed E-state index contributed by atoms with van der Waals surface area (Å²) in [4.78, 5) is 31.3. The van der Waals surface area contributed by atoms with Gasteiger partial charge < -0.3 is 14.8 Å². The summed E-state index contributed by atoms with van der Waals surface area (Å²) in [5.41, 5.74) is 1.68. The number of nitrogens with one attached hydrogen (secondary N) is 1. The minimum absolute atomic E-state index is 0.0647. The quantitative estimate of drug-likeness (QED) is 0.841. The summed E-state index contributed by atoms with van der Waals surface area (Å²) < 4.78 is 2.04. The van der Waals surface area contributed by atoms with Gasteiger partial charge in [-0.3, -0.25) is 9.59 Å². The second kappa shape index (κ2) is 7.51. The van der Waals surface area contributed by atoms with E-state index in [1.54, 1.807) is 11.1 Å². The summed E-state index contributed by atoms with van der Waals surface area (Å²) in [6.07, 6.45) is 5.25. The van der Waals surface area contributed by atoms with Gasteiger partial charge in [-0.25, -0.2) is 4.98 Å². The lowest BCUT2D eigenvalue weighted by atomic mass is 10.1. The SMILES string of the molecule is CCCn1ccnc1CNC(=O)[C@@H](CC)N1Cc2ccccc2C1=O. The van der Waals surface area contributed by atoms with Gasteiger partial charge in [0.05, 0.1) is 6.54 Å². The molecule has 1 aromatic heterocycles. The molecule has 3 rings (SSSR count). The van der Waals surface area contributed by atoms with E-state index in [0.29, 0.717) is 25.1 Å². The number of carbonyl (C=O) groups excluding carboxylic acids is 2. The van der Waals surface area contributed by atoms with Crippen LogP contribution in [-0.4, -0.2) is 32.3 Å². The number of hydrogen-bond donors (Lipinski definition) is 1. The number of fused-ring (bicyclic) bond motifs is 1. The van der Waals surface area contributed by atoms with E-state index >= 15 is 0 Å². The van der Waals surface area contributed by atoms with Crippen LogP contribution in [-0.2, 0) is 24.4 Å². The number of aromatic nitrogens is 2. The van der Waals surface area contributed by atoms with Gasteiger partial charge in [-0.2, -0.15) is 0 Å². The number of imidazole rings is 1. The van der Waals surface area contributed by atoms with Crippen LogP contribution in [0.2, 0.25) is 0 Å². The molecule has 0 bridgehead atoms. The van der Waals surface area contributed by atoms with Crippen molar-refractivity contribution in [1.82, 2.24) is 19.8 Å². The molecule has 2 heterocycles. The second-order valence-corrected chi connectivity index (χ2v) is 6.27. The highest BCUT2D eigenvalue weighted by Crippen LogP contribution is 2.25. The molecule has 6 heteroatoms. The van der Waals surface area contributed by atoms with Crippen LogP contribution in [0.3, 0.4) is 0 Å². The largest absolute Gasteiger partial charge is 0.347 e. The molecule has 2 amide bonds. The van der Waals surface area contributed by atoms with E-state index in [1.165, 1.54) is 0 Å². The summed E-state index contributed by atoms with van der Waals surface area (Å²) in [5, 5.41) is 2.94. The molecule has 0 saturated heterocycles. The van der Waals surface area contributed by atoms with Crippen LogP contribution >= 0.6 is 0 Å². The number of hydrogen-bond acceptors (Lipinski definition) is 3. The number of nitrogens with zero attached hydrogens (tertiary/aromatic N) is 3. The number of carbonyl (C=O) groups is 2. The van der Waals surface area contributed by atoms with Gasteiger partial charge in [0, 0.05) is 31.0 Å². The van der Waals surface area contributed by atoms with E-state index in [4.69, 9.17) is 0 Å². The molecule has 1 aromatic carbocycles. The Labute approximate surface area is 147 Å². The molecule has 0 spiro atoms. The zero-order chi connectivity index (χ0) is 17.8. The van der Waals surface area contributed by atoms with E-state index in [2.05, 4.69) is 17.2 Å². The smallest absolute Gasteiger partial charge is 0.255 e. The Bertz CT molecular complexity index is 768. The summed E-state index contributed by atoms with van der Waals surface area (Å²) in [7, 11) is 0. The van der Waals surface area contributed by atoms with E-state index < -0.39 is 6.04 Å². The van der Waals surface area contributed by atoms with Crippen molar-refractivity contribution in [3.63, 3.8) is 0 Å².